The molecule has 33 heavy (non-hydrogen) atoms. The van der Waals surface area contributed by atoms with Crippen LogP contribution in [0.1, 0.15) is 102 Å². The van der Waals surface area contributed by atoms with Crippen LogP contribution in [0.2, 0.25) is 0 Å². The van der Waals surface area contributed by atoms with Gasteiger partial charge >= 0.3 is 0 Å². The Kier molecular flexibility index (Phi) is 14.2. The quantitative estimate of drug-likeness (QED) is 0.147. The summed E-state index contributed by atoms with van der Waals surface area (Å²) in [5.41, 5.74) is 3.09. The zero-order chi connectivity index (χ0) is 23.6. The molecule has 1 N–H and O–H groups in total. The Labute approximate surface area is 202 Å². The highest BCUT2D eigenvalue weighted by atomic mass is 16.3. The van der Waals surface area contributed by atoms with Crippen molar-refractivity contribution in [1.29, 1.82) is 0 Å². The van der Waals surface area contributed by atoms with Gasteiger partial charge in [0.25, 0.3) is 0 Å². The van der Waals surface area contributed by atoms with E-state index in [0.29, 0.717) is 0 Å². The first-order valence-electron chi connectivity index (χ1n) is 13.3. The minimum absolute atomic E-state index is 0.200. The molecule has 0 unspecified atom stereocenters. The van der Waals surface area contributed by atoms with Crippen molar-refractivity contribution in [3.63, 3.8) is 0 Å². The first kappa shape index (κ1) is 27.1. The third-order valence-electron chi connectivity index (χ3n) is 6.23. The fourth-order valence-electron chi connectivity index (χ4n) is 4.11. The molecule has 0 spiro atoms. The normalized spacial score (nSPS) is 13.2. The smallest absolute Gasteiger partial charge is 0.0941 e. The Hall–Kier alpha value is -2.19. The molecule has 0 radical (unpaired) electrons. The van der Waals surface area contributed by atoms with Crippen LogP contribution in [0.5, 0.6) is 0 Å². The molecule has 0 amide bonds. The summed E-state index contributed by atoms with van der Waals surface area (Å²) in [4.78, 5) is 4.91. The lowest BCUT2D eigenvalue weighted by molar-refractivity contribution is 0.199. The lowest BCUT2D eigenvalue weighted by Gasteiger charge is -2.15. The van der Waals surface area contributed by atoms with Crippen molar-refractivity contribution in [2.45, 2.75) is 103 Å². The number of aliphatic hydroxyl groups is 1. The molecule has 2 aromatic carbocycles. The maximum Gasteiger partial charge on any atom is 0.0941 e. The van der Waals surface area contributed by atoms with Crippen molar-refractivity contribution in [1.82, 2.24) is 0 Å². The van der Waals surface area contributed by atoms with Gasteiger partial charge in [0.2, 0.25) is 0 Å². The average molecular weight is 448 g/mol. The Morgan fingerprint density at radius 1 is 0.727 bits per heavy atom. The van der Waals surface area contributed by atoms with E-state index in [1.54, 1.807) is 0 Å². The third-order valence-corrected chi connectivity index (χ3v) is 6.23. The Morgan fingerprint density at radius 3 is 1.67 bits per heavy atom. The van der Waals surface area contributed by atoms with Crippen molar-refractivity contribution >= 4 is 5.71 Å². The molecule has 0 saturated heterocycles. The van der Waals surface area contributed by atoms with E-state index in [0.717, 1.165) is 23.3 Å². The molecule has 0 saturated carbocycles. The summed E-state index contributed by atoms with van der Waals surface area (Å²) in [6.45, 7) is 4.27. The average Bonchev–Trinajstić information content (AvgIpc) is 2.86. The van der Waals surface area contributed by atoms with Gasteiger partial charge in [0.1, 0.15) is 0 Å². The van der Waals surface area contributed by atoms with Crippen molar-refractivity contribution in [3.8, 4) is 0 Å². The van der Waals surface area contributed by atoms with Crippen LogP contribution in [0.15, 0.2) is 77.8 Å². The van der Waals surface area contributed by atoms with Crippen LogP contribution in [0.3, 0.4) is 0 Å². The van der Waals surface area contributed by atoms with Gasteiger partial charge in [-0.25, -0.2) is 0 Å². The molecule has 0 heterocycles. The van der Waals surface area contributed by atoms with E-state index in [9.17, 15) is 5.11 Å². The van der Waals surface area contributed by atoms with Crippen molar-refractivity contribution in [3.05, 3.63) is 83.9 Å². The maximum atomic E-state index is 10.6. The maximum absolute atomic E-state index is 10.6. The van der Waals surface area contributed by atoms with E-state index < -0.39 is 6.10 Å². The summed E-state index contributed by atoms with van der Waals surface area (Å²) >= 11 is 0. The molecule has 0 aliphatic carbocycles. The van der Waals surface area contributed by atoms with Gasteiger partial charge in [-0.1, -0.05) is 144 Å². The van der Waals surface area contributed by atoms with Gasteiger partial charge in [-0.3, -0.25) is 4.99 Å². The molecule has 2 rings (SSSR count). The first-order chi connectivity index (χ1) is 16.2. The molecule has 0 aromatic heterocycles. The van der Waals surface area contributed by atoms with Crippen LogP contribution in [0.4, 0.5) is 0 Å². The number of unbranched alkanes of at least 4 members (excludes halogenated alkanes) is 11. The van der Waals surface area contributed by atoms with E-state index in [1.165, 1.54) is 70.6 Å². The van der Waals surface area contributed by atoms with Crippen LogP contribution >= 0.6 is 0 Å². The summed E-state index contributed by atoms with van der Waals surface area (Å²) in [6, 6.07) is 20.3. The Balaban J connectivity index is 1.71. The SMILES string of the molecule is CCCCCCCCCCCCC/C=C/[C@H](O)[C@@H](C)N=C(c1ccccc1)c1ccccc1. The molecule has 0 bridgehead atoms. The summed E-state index contributed by atoms with van der Waals surface area (Å²) in [6.07, 6.45) is 19.5. The molecule has 2 atom stereocenters. The predicted octanol–water partition coefficient (Wildman–Crippen LogP) is 8.53. The Morgan fingerprint density at radius 2 is 1.18 bits per heavy atom. The van der Waals surface area contributed by atoms with Crippen molar-refractivity contribution in [2.24, 2.45) is 4.99 Å². The van der Waals surface area contributed by atoms with Gasteiger partial charge in [-0.05, 0) is 19.8 Å². The topological polar surface area (TPSA) is 32.6 Å². The van der Waals surface area contributed by atoms with Crippen molar-refractivity contribution < 1.29 is 5.11 Å². The minimum Gasteiger partial charge on any atom is -0.387 e. The number of hydrogen-bond acceptors (Lipinski definition) is 2. The highest BCUT2D eigenvalue weighted by Gasteiger charge is 2.13. The van der Waals surface area contributed by atoms with Crippen LogP contribution in [-0.4, -0.2) is 23.0 Å². The first-order valence-corrected chi connectivity index (χ1v) is 13.3. The number of aliphatic imine (C=N–C) groups is 1. The molecule has 0 fully saturated rings. The zero-order valence-electron chi connectivity index (χ0n) is 21.0. The fraction of sp³-hybridized carbons (Fsp3) is 0.516. The second-order valence-electron chi connectivity index (χ2n) is 9.19. The molecule has 0 aliphatic heterocycles. The summed E-state index contributed by atoms with van der Waals surface area (Å²) < 4.78 is 0. The van der Waals surface area contributed by atoms with E-state index in [4.69, 9.17) is 4.99 Å². The van der Waals surface area contributed by atoms with Gasteiger partial charge in [0.05, 0.1) is 17.9 Å². The number of nitrogens with zero attached hydrogens (tertiary/aromatic N) is 1. The molecular formula is C31H45NO. The number of aliphatic hydroxyl groups excluding tert-OH is 1. The second kappa shape index (κ2) is 17.3. The van der Waals surface area contributed by atoms with E-state index in [2.05, 4.69) is 37.3 Å². The number of allylic oxidation sites excluding steroid dienone is 1. The van der Waals surface area contributed by atoms with E-state index >= 15 is 0 Å². The van der Waals surface area contributed by atoms with Gasteiger partial charge in [-0.15, -0.1) is 0 Å². The lowest BCUT2D eigenvalue weighted by atomic mass is 10.0. The number of rotatable bonds is 17. The van der Waals surface area contributed by atoms with E-state index in [-0.39, 0.29) is 6.04 Å². The summed E-state index contributed by atoms with van der Waals surface area (Å²) in [5.74, 6) is 0. The fourth-order valence-corrected chi connectivity index (χ4v) is 4.11. The van der Waals surface area contributed by atoms with Crippen LogP contribution in [-0.2, 0) is 0 Å². The van der Waals surface area contributed by atoms with Gasteiger partial charge in [0, 0.05) is 11.1 Å². The lowest BCUT2D eigenvalue weighted by Crippen LogP contribution is -2.21. The highest BCUT2D eigenvalue weighted by molar-refractivity contribution is 6.12. The van der Waals surface area contributed by atoms with Crippen LogP contribution in [0, 0.1) is 0 Å². The molecule has 0 aliphatic rings. The summed E-state index contributed by atoms with van der Waals surface area (Å²) in [7, 11) is 0. The number of benzene rings is 2. The van der Waals surface area contributed by atoms with Gasteiger partial charge in [-0.2, -0.15) is 0 Å². The zero-order valence-corrected chi connectivity index (χ0v) is 21.0. The van der Waals surface area contributed by atoms with E-state index in [1.807, 2.05) is 49.4 Å². The molecular weight excluding hydrogens is 402 g/mol. The van der Waals surface area contributed by atoms with Crippen molar-refractivity contribution in [2.75, 3.05) is 0 Å². The monoisotopic (exact) mass is 447 g/mol. The third kappa shape index (κ3) is 11.5. The largest absolute Gasteiger partial charge is 0.387 e. The van der Waals surface area contributed by atoms with Crippen LogP contribution < -0.4 is 0 Å². The second-order valence-corrected chi connectivity index (χ2v) is 9.19. The molecule has 180 valence electrons. The Bertz CT molecular complexity index is 740. The molecule has 2 nitrogen and oxygen atoms in total. The standard InChI is InChI=1S/C31H45NO/c1-3-4-5-6-7-8-9-10-11-12-13-14-21-26-30(33)27(2)32-31(28-22-17-15-18-23-28)29-24-19-16-20-25-29/h15-27,30,33H,3-14H2,1-2H3/b26-21+/t27-,30+/m1/s1. The minimum atomic E-state index is -0.569. The van der Waals surface area contributed by atoms with Gasteiger partial charge in [0.15, 0.2) is 0 Å². The molecule has 2 heteroatoms. The van der Waals surface area contributed by atoms with Crippen LogP contribution in [0.25, 0.3) is 0 Å². The highest BCUT2D eigenvalue weighted by Crippen LogP contribution is 2.15. The van der Waals surface area contributed by atoms with Gasteiger partial charge < -0.3 is 5.11 Å². The number of hydrogen-bond donors (Lipinski definition) is 1. The molecule has 2 aromatic rings. The summed E-state index contributed by atoms with van der Waals surface area (Å²) in [5, 5.41) is 10.6. The predicted molar refractivity (Wildman–Crippen MR) is 144 cm³/mol.